The van der Waals surface area contributed by atoms with Gasteiger partial charge >= 0.3 is 0 Å². The van der Waals surface area contributed by atoms with E-state index in [2.05, 4.69) is 29.2 Å². The summed E-state index contributed by atoms with van der Waals surface area (Å²) in [6.07, 6.45) is 1.09. The lowest BCUT2D eigenvalue weighted by Crippen LogP contribution is -2.40. The van der Waals surface area contributed by atoms with Crippen molar-refractivity contribution in [2.75, 3.05) is 39.4 Å². The maximum absolute atomic E-state index is 5.38. The van der Waals surface area contributed by atoms with Crippen molar-refractivity contribution in [3.63, 3.8) is 0 Å². The molecule has 0 bridgehead atoms. The maximum atomic E-state index is 5.38. The minimum Gasteiger partial charge on any atom is -0.379 e. The third-order valence-electron chi connectivity index (χ3n) is 3.49. The zero-order chi connectivity index (χ0) is 11.5. The first kappa shape index (κ1) is 10.9. The van der Waals surface area contributed by atoms with Crippen molar-refractivity contribution in [1.82, 2.24) is 4.90 Å². The summed E-state index contributed by atoms with van der Waals surface area (Å²) in [5.41, 5.74) is 4.06. The van der Waals surface area contributed by atoms with Crippen molar-refractivity contribution >= 4 is 5.71 Å². The highest BCUT2D eigenvalue weighted by atomic mass is 16.5. The summed E-state index contributed by atoms with van der Waals surface area (Å²) in [7, 11) is 0. The SMILES string of the molecule is c1ccc2c(c1)CCN=C2CN1CCOCC1. The van der Waals surface area contributed by atoms with Gasteiger partial charge in [-0.3, -0.25) is 9.89 Å². The van der Waals surface area contributed by atoms with Gasteiger partial charge in [-0.05, 0) is 12.0 Å². The van der Waals surface area contributed by atoms with Crippen LogP contribution in [0.3, 0.4) is 0 Å². The van der Waals surface area contributed by atoms with Crippen molar-refractivity contribution in [2.24, 2.45) is 4.99 Å². The molecule has 2 aliphatic rings. The molecule has 3 rings (SSSR count). The Balaban J connectivity index is 1.76. The summed E-state index contributed by atoms with van der Waals surface area (Å²) in [4.78, 5) is 7.13. The van der Waals surface area contributed by atoms with Crippen LogP contribution in [0.1, 0.15) is 11.1 Å². The van der Waals surface area contributed by atoms with Crippen molar-refractivity contribution in [2.45, 2.75) is 6.42 Å². The number of nitrogens with zero attached hydrogens (tertiary/aromatic N) is 2. The smallest absolute Gasteiger partial charge is 0.0594 e. The highest BCUT2D eigenvalue weighted by Gasteiger charge is 2.17. The van der Waals surface area contributed by atoms with Gasteiger partial charge in [-0.2, -0.15) is 0 Å². The third kappa shape index (κ3) is 2.40. The number of hydrogen-bond acceptors (Lipinski definition) is 3. The first-order valence-electron chi connectivity index (χ1n) is 6.35. The van der Waals surface area contributed by atoms with Gasteiger partial charge in [0.1, 0.15) is 0 Å². The molecule has 0 aromatic heterocycles. The van der Waals surface area contributed by atoms with E-state index in [-0.39, 0.29) is 0 Å². The lowest BCUT2D eigenvalue weighted by molar-refractivity contribution is 0.0453. The van der Waals surface area contributed by atoms with Gasteiger partial charge in [0.15, 0.2) is 0 Å². The average Bonchev–Trinajstić information content (AvgIpc) is 2.40. The van der Waals surface area contributed by atoms with Crippen LogP contribution in [-0.2, 0) is 11.2 Å². The Kier molecular flexibility index (Phi) is 3.20. The second-order valence-corrected chi connectivity index (χ2v) is 4.62. The van der Waals surface area contributed by atoms with Gasteiger partial charge in [-0.1, -0.05) is 24.3 Å². The van der Waals surface area contributed by atoms with Gasteiger partial charge in [0, 0.05) is 31.7 Å². The van der Waals surface area contributed by atoms with Crippen LogP contribution in [0.4, 0.5) is 0 Å². The Bertz CT molecular complexity index is 422. The Morgan fingerprint density at radius 1 is 1.18 bits per heavy atom. The predicted octanol–water partition coefficient (Wildman–Crippen LogP) is 1.36. The zero-order valence-electron chi connectivity index (χ0n) is 10.1. The lowest BCUT2D eigenvalue weighted by atomic mass is 9.97. The first-order valence-corrected chi connectivity index (χ1v) is 6.35. The van der Waals surface area contributed by atoms with Crippen LogP contribution in [0.15, 0.2) is 29.3 Å². The molecule has 0 atom stereocenters. The quantitative estimate of drug-likeness (QED) is 0.766. The molecule has 3 nitrogen and oxygen atoms in total. The van der Waals surface area contributed by atoms with E-state index >= 15 is 0 Å². The summed E-state index contributed by atoms with van der Waals surface area (Å²) in [6, 6.07) is 8.66. The molecule has 0 unspecified atom stereocenters. The molecule has 0 saturated carbocycles. The van der Waals surface area contributed by atoms with Crippen molar-refractivity contribution < 1.29 is 4.74 Å². The first-order chi connectivity index (χ1) is 8.43. The monoisotopic (exact) mass is 230 g/mol. The molecule has 2 heterocycles. The maximum Gasteiger partial charge on any atom is 0.0594 e. The molecule has 0 radical (unpaired) electrons. The molecular weight excluding hydrogens is 212 g/mol. The number of benzene rings is 1. The third-order valence-corrected chi connectivity index (χ3v) is 3.49. The van der Waals surface area contributed by atoms with Gasteiger partial charge in [0.25, 0.3) is 0 Å². The van der Waals surface area contributed by atoms with Gasteiger partial charge in [-0.15, -0.1) is 0 Å². The summed E-state index contributed by atoms with van der Waals surface area (Å²) >= 11 is 0. The topological polar surface area (TPSA) is 24.8 Å². The number of hydrogen-bond donors (Lipinski definition) is 0. The Morgan fingerprint density at radius 2 is 2.00 bits per heavy atom. The molecule has 1 aromatic rings. The normalized spacial score (nSPS) is 20.8. The van der Waals surface area contributed by atoms with E-state index in [1.165, 1.54) is 16.8 Å². The molecule has 1 fully saturated rings. The van der Waals surface area contributed by atoms with Crippen molar-refractivity contribution in [3.8, 4) is 0 Å². The summed E-state index contributed by atoms with van der Waals surface area (Å²) in [6.45, 7) is 5.68. The fraction of sp³-hybridized carbons (Fsp3) is 0.500. The molecule has 2 aliphatic heterocycles. The van der Waals surface area contributed by atoms with E-state index < -0.39 is 0 Å². The van der Waals surface area contributed by atoms with Crippen LogP contribution in [0.25, 0.3) is 0 Å². The fourth-order valence-electron chi connectivity index (χ4n) is 2.52. The highest BCUT2D eigenvalue weighted by molar-refractivity contribution is 6.04. The summed E-state index contributed by atoms with van der Waals surface area (Å²) < 4.78 is 5.38. The molecule has 1 saturated heterocycles. The van der Waals surface area contributed by atoms with Crippen LogP contribution in [-0.4, -0.2) is 50.0 Å². The number of rotatable bonds is 2. The molecule has 3 heteroatoms. The van der Waals surface area contributed by atoms with E-state index in [0.29, 0.717) is 0 Å². The van der Waals surface area contributed by atoms with Gasteiger partial charge in [-0.25, -0.2) is 0 Å². The van der Waals surface area contributed by atoms with E-state index in [0.717, 1.165) is 45.8 Å². The Labute approximate surface area is 102 Å². The van der Waals surface area contributed by atoms with E-state index in [1.807, 2.05) is 0 Å². The fourth-order valence-corrected chi connectivity index (χ4v) is 2.52. The number of ether oxygens (including phenoxy) is 1. The number of morpholine rings is 1. The summed E-state index contributed by atoms with van der Waals surface area (Å²) in [5, 5.41) is 0. The molecule has 0 N–H and O–H groups in total. The number of aliphatic imine (C=N–C) groups is 1. The molecular formula is C14H18N2O. The van der Waals surface area contributed by atoms with Crippen LogP contribution >= 0.6 is 0 Å². The minimum atomic E-state index is 0.856. The van der Waals surface area contributed by atoms with Crippen LogP contribution in [0.5, 0.6) is 0 Å². The molecule has 0 amide bonds. The zero-order valence-corrected chi connectivity index (χ0v) is 10.1. The predicted molar refractivity (Wildman–Crippen MR) is 68.8 cm³/mol. The Morgan fingerprint density at radius 3 is 2.88 bits per heavy atom. The molecule has 17 heavy (non-hydrogen) atoms. The highest BCUT2D eigenvalue weighted by Crippen LogP contribution is 2.16. The van der Waals surface area contributed by atoms with Crippen molar-refractivity contribution in [3.05, 3.63) is 35.4 Å². The average molecular weight is 230 g/mol. The minimum absolute atomic E-state index is 0.856. The summed E-state index contributed by atoms with van der Waals surface area (Å²) in [5.74, 6) is 0. The number of fused-ring (bicyclic) bond motifs is 1. The standard InChI is InChI=1S/C14H18N2O/c1-2-4-13-12(3-1)5-6-15-14(13)11-16-7-9-17-10-8-16/h1-4H,5-11H2. The largest absolute Gasteiger partial charge is 0.379 e. The molecule has 0 aliphatic carbocycles. The second-order valence-electron chi connectivity index (χ2n) is 4.62. The molecule has 1 aromatic carbocycles. The lowest BCUT2D eigenvalue weighted by Gasteiger charge is -2.28. The van der Waals surface area contributed by atoms with Gasteiger partial charge in [0.05, 0.1) is 18.9 Å². The van der Waals surface area contributed by atoms with E-state index in [4.69, 9.17) is 9.73 Å². The second kappa shape index (κ2) is 4.98. The van der Waals surface area contributed by atoms with Crippen LogP contribution in [0.2, 0.25) is 0 Å². The van der Waals surface area contributed by atoms with Crippen LogP contribution in [0, 0.1) is 0 Å². The van der Waals surface area contributed by atoms with Crippen LogP contribution < -0.4 is 0 Å². The van der Waals surface area contributed by atoms with Gasteiger partial charge < -0.3 is 4.74 Å². The Hall–Kier alpha value is -1.19. The van der Waals surface area contributed by atoms with E-state index in [1.54, 1.807) is 0 Å². The van der Waals surface area contributed by atoms with Gasteiger partial charge in [0.2, 0.25) is 0 Å². The molecule has 0 spiro atoms. The van der Waals surface area contributed by atoms with Crippen molar-refractivity contribution in [1.29, 1.82) is 0 Å². The molecule has 90 valence electrons. The van der Waals surface area contributed by atoms with E-state index in [9.17, 15) is 0 Å².